The third-order valence-electron chi connectivity index (χ3n) is 5.31. The molecule has 0 spiro atoms. The fourth-order valence-corrected chi connectivity index (χ4v) is 3.97. The molecule has 0 fully saturated rings. The predicted molar refractivity (Wildman–Crippen MR) is 115 cm³/mol. The van der Waals surface area contributed by atoms with E-state index in [1.54, 1.807) is 57.2 Å². The van der Waals surface area contributed by atoms with Crippen LogP contribution in [-0.2, 0) is 4.79 Å². The number of carbonyl (C=O) groups is 2. The molecule has 0 radical (unpaired) electrons. The maximum absolute atomic E-state index is 14.6. The first-order valence-corrected chi connectivity index (χ1v) is 10.1. The summed E-state index contributed by atoms with van der Waals surface area (Å²) in [5.41, 5.74) is 0.505. The van der Waals surface area contributed by atoms with E-state index in [0.29, 0.717) is 16.8 Å². The number of hydrogen-bond acceptors (Lipinski definition) is 4. The van der Waals surface area contributed by atoms with E-state index in [0.717, 1.165) is 9.80 Å². The van der Waals surface area contributed by atoms with Crippen molar-refractivity contribution in [1.29, 1.82) is 0 Å². The largest absolute Gasteiger partial charge is 0.485 e. The number of halogens is 2. The minimum absolute atomic E-state index is 0.120. The van der Waals surface area contributed by atoms with Crippen molar-refractivity contribution in [1.82, 2.24) is 4.90 Å². The third kappa shape index (κ3) is 3.79. The zero-order valence-electron chi connectivity index (χ0n) is 17.9. The number of carboxylic acid groups (broad SMARTS) is 1. The first-order valence-electron chi connectivity index (χ1n) is 10.1. The molecule has 7 nitrogen and oxygen atoms in total. The minimum Gasteiger partial charge on any atom is -0.485 e. The average Bonchev–Trinajstić information content (AvgIpc) is 2.92. The van der Waals surface area contributed by atoms with Gasteiger partial charge in [0.2, 0.25) is 6.17 Å². The molecule has 0 bridgehead atoms. The average molecular weight is 443 g/mol. The predicted octanol–water partition coefficient (Wildman–Crippen LogP) is 4.00. The number of amides is 2. The number of alkyl halides is 2. The van der Waals surface area contributed by atoms with Crippen LogP contribution in [0.4, 0.5) is 19.3 Å². The molecule has 2 aromatic rings. The van der Waals surface area contributed by atoms with Crippen molar-refractivity contribution in [3.63, 3.8) is 0 Å². The van der Waals surface area contributed by atoms with Gasteiger partial charge >= 0.3 is 6.09 Å². The summed E-state index contributed by atoms with van der Waals surface area (Å²) >= 11 is 0. The maximum atomic E-state index is 14.6. The fourth-order valence-electron chi connectivity index (χ4n) is 3.97. The molecule has 1 atom stereocenters. The Labute approximate surface area is 183 Å². The molecule has 0 aromatic heterocycles. The molecular weight excluding hydrogens is 420 g/mol. The highest BCUT2D eigenvalue weighted by atomic mass is 19.3. The number of aliphatic imine (C=N–C) groups is 1. The molecule has 0 saturated carbocycles. The first-order chi connectivity index (χ1) is 15.0. The molecule has 0 unspecified atom stereocenters. The minimum atomic E-state index is -3.33. The molecule has 2 heterocycles. The molecule has 1 N–H and O–H groups in total. The van der Waals surface area contributed by atoms with E-state index in [9.17, 15) is 23.5 Å². The highest BCUT2D eigenvalue weighted by Gasteiger charge is 2.47. The van der Waals surface area contributed by atoms with Gasteiger partial charge in [-0.15, -0.1) is 0 Å². The van der Waals surface area contributed by atoms with Gasteiger partial charge in [0.05, 0.1) is 17.9 Å². The lowest BCUT2D eigenvalue weighted by molar-refractivity contribution is -0.126. The van der Waals surface area contributed by atoms with E-state index < -0.39 is 42.8 Å². The number of nitrogens with zero attached hydrogens (tertiary/aromatic N) is 3. The van der Waals surface area contributed by atoms with Crippen LogP contribution in [0.5, 0.6) is 5.75 Å². The molecular formula is C23H23F2N3O4. The van der Waals surface area contributed by atoms with Gasteiger partial charge in [0, 0.05) is 16.7 Å². The standard InChI is InChI=1S/C23H23F2N3O4/c1-22(2,3)28(21(30)31)19-20(29)27-12-23(24,25)13-32-16-11-7-10-15(18(16)27)17(26-19)14-8-5-4-6-9-14/h4-11,19H,12-13H2,1-3H3,(H,30,31)/t19-/m0/s1. The van der Waals surface area contributed by atoms with Crippen LogP contribution in [0.3, 0.4) is 0 Å². The number of carbonyl (C=O) groups excluding carboxylic acids is 1. The second-order valence-corrected chi connectivity index (χ2v) is 8.76. The van der Waals surface area contributed by atoms with E-state index in [1.807, 2.05) is 6.07 Å². The highest BCUT2D eigenvalue weighted by Crippen LogP contribution is 2.41. The molecule has 32 heavy (non-hydrogen) atoms. The van der Waals surface area contributed by atoms with Crippen LogP contribution in [0.1, 0.15) is 31.9 Å². The van der Waals surface area contributed by atoms with Crippen LogP contribution < -0.4 is 9.64 Å². The number of anilines is 1. The van der Waals surface area contributed by atoms with Crippen molar-refractivity contribution in [2.45, 2.75) is 38.4 Å². The molecule has 2 aromatic carbocycles. The summed E-state index contributed by atoms with van der Waals surface area (Å²) in [6, 6.07) is 13.7. The molecule has 4 rings (SSSR count). The number of benzene rings is 2. The third-order valence-corrected chi connectivity index (χ3v) is 5.31. The summed E-state index contributed by atoms with van der Waals surface area (Å²) in [6.07, 6.45) is -2.94. The Morgan fingerprint density at radius 3 is 2.50 bits per heavy atom. The smallest absolute Gasteiger partial charge is 0.409 e. The normalized spacial score (nSPS) is 19.8. The molecule has 0 saturated heterocycles. The molecule has 9 heteroatoms. The van der Waals surface area contributed by atoms with Crippen molar-refractivity contribution in [3.05, 3.63) is 59.7 Å². The number of rotatable bonds is 2. The Morgan fingerprint density at radius 1 is 1.19 bits per heavy atom. The van der Waals surface area contributed by atoms with E-state index >= 15 is 0 Å². The van der Waals surface area contributed by atoms with Crippen LogP contribution in [0.15, 0.2) is 53.5 Å². The van der Waals surface area contributed by atoms with Gasteiger partial charge in [-0.1, -0.05) is 42.5 Å². The number of para-hydroxylation sites is 1. The van der Waals surface area contributed by atoms with Gasteiger partial charge in [-0.2, -0.15) is 0 Å². The van der Waals surface area contributed by atoms with Crippen molar-refractivity contribution >= 4 is 23.4 Å². The lowest BCUT2D eigenvalue weighted by Crippen LogP contribution is -2.57. The zero-order chi connectivity index (χ0) is 23.3. The van der Waals surface area contributed by atoms with E-state index in [2.05, 4.69) is 4.99 Å². The Bertz CT molecular complexity index is 1100. The fraction of sp³-hybridized carbons (Fsp3) is 0.348. The van der Waals surface area contributed by atoms with Crippen LogP contribution in [0.2, 0.25) is 0 Å². The molecule has 0 aliphatic carbocycles. The summed E-state index contributed by atoms with van der Waals surface area (Å²) in [5.74, 6) is -4.06. The van der Waals surface area contributed by atoms with Gasteiger partial charge in [-0.25, -0.2) is 18.6 Å². The molecule has 2 amide bonds. The summed E-state index contributed by atoms with van der Waals surface area (Å²) in [4.78, 5) is 32.3. The molecule has 2 aliphatic heterocycles. The topological polar surface area (TPSA) is 82.4 Å². The number of hydrogen-bond donors (Lipinski definition) is 1. The summed E-state index contributed by atoms with van der Waals surface area (Å²) in [7, 11) is 0. The van der Waals surface area contributed by atoms with Crippen LogP contribution in [-0.4, -0.2) is 58.5 Å². The SMILES string of the molecule is CC(C)(C)N(C(=O)O)[C@@H]1N=C(c2ccccc2)c2cccc3c2N(CC(F)(F)CO3)C1=O. The van der Waals surface area contributed by atoms with Gasteiger partial charge < -0.3 is 9.84 Å². The van der Waals surface area contributed by atoms with Gasteiger partial charge in [-0.05, 0) is 26.8 Å². The Kier molecular flexibility index (Phi) is 5.15. The highest BCUT2D eigenvalue weighted by molar-refractivity contribution is 6.21. The quantitative estimate of drug-likeness (QED) is 0.761. The Hall–Kier alpha value is -3.49. The lowest BCUT2D eigenvalue weighted by Gasteiger charge is -2.38. The van der Waals surface area contributed by atoms with Crippen molar-refractivity contribution in [3.8, 4) is 5.75 Å². The second-order valence-electron chi connectivity index (χ2n) is 8.76. The second kappa shape index (κ2) is 7.58. The van der Waals surface area contributed by atoms with E-state index in [4.69, 9.17) is 4.74 Å². The summed E-state index contributed by atoms with van der Waals surface area (Å²) in [6.45, 7) is 3.03. The van der Waals surface area contributed by atoms with Gasteiger partial charge in [0.25, 0.3) is 11.8 Å². The van der Waals surface area contributed by atoms with Crippen molar-refractivity contribution in [2.75, 3.05) is 18.1 Å². The van der Waals surface area contributed by atoms with Crippen LogP contribution in [0.25, 0.3) is 0 Å². The first kappa shape index (κ1) is 21.7. The van der Waals surface area contributed by atoms with Crippen LogP contribution >= 0.6 is 0 Å². The Balaban J connectivity index is 2.02. The van der Waals surface area contributed by atoms with Gasteiger partial charge in [-0.3, -0.25) is 14.6 Å². The number of ether oxygens (including phenoxy) is 1. The van der Waals surface area contributed by atoms with Gasteiger partial charge in [0.1, 0.15) is 5.75 Å². The molecule has 2 aliphatic rings. The Morgan fingerprint density at radius 2 is 1.88 bits per heavy atom. The van der Waals surface area contributed by atoms with Crippen molar-refractivity contribution in [2.24, 2.45) is 4.99 Å². The van der Waals surface area contributed by atoms with Crippen molar-refractivity contribution < 1.29 is 28.2 Å². The molecule has 168 valence electrons. The summed E-state index contributed by atoms with van der Waals surface area (Å²) in [5, 5.41) is 9.94. The monoisotopic (exact) mass is 443 g/mol. The van der Waals surface area contributed by atoms with Gasteiger partial charge in [0.15, 0.2) is 6.61 Å². The van der Waals surface area contributed by atoms with Crippen LogP contribution in [0, 0.1) is 0 Å². The lowest BCUT2D eigenvalue weighted by atomic mass is 9.99. The van der Waals surface area contributed by atoms with E-state index in [1.165, 1.54) is 6.07 Å². The zero-order valence-corrected chi connectivity index (χ0v) is 17.9. The maximum Gasteiger partial charge on any atom is 0.409 e. The van der Waals surface area contributed by atoms with E-state index in [-0.39, 0.29) is 11.4 Å². The summed E-state index contributed by atoms with van der Waals surface area (Å²) < 4.78 is 34.5.